The van der Waals surface area contributed by atoms with E-state index in [1.807, 2.05) is 42.5 Å². The van der Waals surface area contributed by atoms with Crippen LogP contribution in [0, 0.1) is 0 Å². The molecule has 0 radical (unpaired) electrons. The molecule has 7 heteroatoms. The molecule has 4 rings (SSSR count). The smallest absolute Gasteiger partial charge is 0.221 e. The number of hydrogen-bond acceptors (Lipinski definition) is 5. The van der Waals surface area contributed by atoms with Gasteiger partial charge in [0.25, 0.3) is 0 Å². The molecule has 0 saturated heterocycles. The molecule has 0 unspecified atom stereocenters. The minimum Gasteiger partial charge on any atom is -0.368 e. The second-order valence-electron chi connectivity index (χ2n) is 5.33. The number of benzene rings is 1. The van der Waals surface area contributed by atoms with Crippen molar-refractivity contribution >= 4 is 40.2 Å². The average Bonchev–Trinajstić information content (AvgIpc) is 2.61. The van der Waals surface area contributed by atoms with Crippen LogP contribution in [0.1, 0.15) is 0 Å². The highest BCUT2D eigenvalue weighted by Crippen LogP contribution is 2.30. The highest BCUT2D eigenvalue weighted by atomic mass is 35.5. The van der Waals surface area contributed by atoms with Crippen molar-refractivity contribution in [3.63, 3.8) is 0 Å². The largest absolute Gasteiger partial charge is 0.368 e. The molecule has 0 spiro atoms. The molecule has 0 aliphatic rings. The molecule has 0 amide bonds. The van der Waals surface area contributed by atoms with Crippen LogP contribution < -0.4 is 5.73 Å². The summed E-state index contributed by atoms with van der Waals surface area (Å²) in [6.07, 6.45) is 0. The maximum Gasteiger partial charge on any atom is 0.221 e. The lowest BCUT2D eigenvalue weighted by Gasteiger charge is -2.09. The van der Waals surface area contributed by atoms with E-state index in [2.05, 4.69) is 15.0 Å². The zero-order chi connectivity index (χ0) is 17.4. The fraction of sp³-hybridized carbons (Fsp3) is 0. The van der Waals surface area contributed by atoms with Gasteiger partial charge in [0, 0.05) is 11.1 Å². The van der Waals surface area contributed by atoms with Gasteiger partial charge in [0.2, 0.25) is 5.95 Å². The van der Waals surface area contributed by atoms with Gasteiger partial charge in [-0.25, -0.2) is 19.9 Å². The van der Waals surface area contributed by atoms with Gasteiger partial charge in [0.05, 0.1) is 11.2 Å². The second-order valence-corrected chi connectivity index (χ2v) is 6.08. The van der Waals surface area contributed by atoms with Gasteiger partial charge >= 0.3 is 0 Å². The van der Waals surface area contributed by atoms with E-state index in [9.17, 15) is 0 Å². The summed E-state index contributed by atoms with van der Waals surface area (Å²) < 4.78 is 0. The van der Waals surface area contributed by atoms with Crippen molar-refractivity contribution in [2.45, 2.75) is 0 Å². The van der Waals surface area contributed by atoms with E-state index in [-0.39, 0.29) is 11.1 Å². The van der Waals surface area contributed by atoms with Crippen LogP contribution in [0.4, 0.5) is 5.95 Å². The first-order valence-electron chi connectivity index (χ1n) is 7.44. The van der Waals surface area contributed by atoms with Crippen LogP contribution in [0.3, 0.4) is 0 Å². The normalized spacial score (nSPS) is 11.0. The summed E-state index contributed by atoms with van der Waals surface area (Å²) in [5.74, 6) is 0.201. The summed E-state index contributed by atoms with van der Waals surface area (Å²) >= 11 is 12.1. The first-order valence-corrected chi connectivity index (χ1v) is 8.19. The van der Waals surface area contributed by atoms with Crippen molar-refractivity contribution in [1.29, 1.82) is 0 Å². The van der Waals surface area contributed by atoms with E-state index >= 15 is 0 Å². The standard InChI is InChI=1S/C18H11Cl2N5/c19-14-9-6-11(17(20)24-14)12-7-8-13-16(22-12)15(25-18(21)23-13)10-4-2-1-3-5-10/h1-9H,(H2,21,23,25). The molecule has 3 aromatic heterocycles. The predicted molar refractivity (Wildman–Crippen MR) is 100 cm³/mol. The molecular formula is C18H11Cl2N5. The van der Waals surface area contributed by atoms with Gasteiger partial charge in [-0.15, -0.1) is 0 Å². The Bertz CT molecular complexity index is 1080. The lowest BCUT2D eigenvalue weighted by atomic mass is 10.1. The summed E-state index contributed by atoms with van der Waals surface area (Å²) in [6.45, 7) is 0. The highest BCUT2D eigenvalue weighted by molar-refractivity contribution is 6.34. The SMILES string of the molecule is Nc1nc(-c2ccccc2)c2nc(-c3ccc(Cl)nc3Cl)ccc2n1. The Balaban J connectivity index is 1.97. The molecule has 1 aromatic carbocycles. The molecule has 0 atom stereocenters. The number of nitrogens with zero attached hydrogens (tertiary/aromatic N) is 4. The summed E-state index contributed by atoms with van der Waals surface area (Å²) in [4.78, 5) is 17.4. The zero-order valence-electron chi connectivity index (χ0n) is 12.8. The first-order chi connectivity index (χ1) is 12.1. The quantitative estimate of drug-likeness (QED) is 0.522. The highest BCUT2D eigenvalue weighted by Gasteiger charge is 2.13. The Kier molecular flexibility index (Phi) is 3.95. The number of aromatic nitrogens is 4. The molecule has 0 fully saturated rings. The number of nitrogens with two attached hydrogens (primary N) is 1. The Morgan fingerprint density at radius 3 is 2.32 bits per heavy atom. The Hall–Kier alpha value is -2.76. The molecule has 3 heterocycles. The molecule has 0 bridgehead atoms. The first kappa shape index (κ1) is 15.7. The molecule has 0 aliphatic heterocycles. The van der Waals surface area contributed by atoms with E-state index in [0.29, 0.717) is 33.1 Å². The number of anilines is 1. The van der Waals surface area contributed by atoms with Crippen LogP contribution in [0.25, 0.3) is 33.5 Å². The van der Waals surface area contributed by atoms with Crippen LogP contribution in [0.2, 0.25) is 10.3 Å². The van der Waals surface area contributed by atoms with Gasteiger partial charge in [-0.1, -0.05) is 53.5 Å². The van der Waals surface area contributed by atoms with Crippen LogP contribution in [0.5, 0.6) is 0 Å². The number of halogens is 2. The van der Waals surface area contributed by atoms with Crippen molar-refractivity contribution in [3.05, 3.63) is 64.9 Å². The van der Waals surface area contributed by atoms with Crippen LogP contribution in [0.15, 0.2) is 54.6 Å². The maximum atomic E-state index is 6.21. The average molecular weight is 368 g/mol. The van der Waals surface area contributed by atoms with E-state index in [1.54, 1.807) is 12.1 Å². The van der Waals surface area contributed by atoms with E-state index in [1.165, 1.54) is 0 Å². The summed E-state index contributed by atoms with van der Waals surface area (Å²) in [7, 11) is 0. The molecular weight excluding hydrogens is 357 g/mol. The zero-order valence-corrected chi connectivity index (χ0v) is 14.3. The number of nitrogen functional groups attached to an aromatic ring is 1. The fourth-order valence-corrected chi connectivity index (χ4v) is 3.02. The molecule has 0 saturated carbocycles. The van der Waals surface area contributed by atoms with E-state index in [4.69, 9.17) is 33.9 Å². The fourth-order valence-electron chi connectivity index (χ4n) is 2.58. The minimum atomic E-state index is 0.201. The van der Waals surface area contributed by atoms with Crippen molar-refractivity contribution in [2.24, 2.45) is 0 Å². The lowest BCUT2D eigenvalue weighted by molar-refractivity contribution is 1.21. The molecule has 25 heavy (non-hydrogen) atoms. The van der Waals surface area contributed by atoms with Crippen molar-refractivity contribution in [2.75, 3.05) is 5.73 Å². The van der Waals surface area contributed by atoms with E-state index < -0.39 is 0 Å². The van der Waals surface area contributed by atoms with Gasteiger partial charge in [-0.05, 0) is 24.3 Å². The van der Waals surface area contributed by atoms with Gasteiger partial charge in [-0.2, -0.15) is 0 Å². The molecule has 4 aromatic rings. The predicted octanol–water partition coefficient (Wildman–Crippen LogP) is 4.64. The van der Waals surface area contributed by atoms with Crippen molar-refractivity contribution in [3.8, 4) is 22.5 Å². The van der Waals surface area contributed by atoms with Gasteiger partial charge in [0.15, 0.2) is 0 Å². The summed E-state index contributed by atoms with van der Waals surface area (Å²) in [5.41, 5.74) is 10.1. The van der Waals surface area contributed by atoms with Crippen molar-refractivity contribution in [1.82, 2.24) is 19.9 Å². The Labute approximate surface area is 153 Å². The Morgan fingerprint density at radius 2 is 1.56 bits per heavy atom. The van der Waals surface area contributed by atoms with Gasteiger partial charge in [0.1, 0.15) is 21.5 Å². The third-order valence-corrected chi connectivity index (χ3v) is 4.20. The maximum absolute atomic E-state index is 6.21. The van der Waals surface area contributed by atoms with Crippen molar-refractivity contribution < 1.29 is 0 Å². The Morgan fingerprint density at radius 1 is 0.760 bits per heavy atom. The summed E-state index contributed by atoms with van der Waals surface area (Å²) in [5, 5.41) is 0.618. The monoisotopic (exact) mass is 367 g/mol. The number of hydrogen-bond donors (Lipinski definition) is 1. The number of fused-ring (bicyclic) bond motifs is 1. The molecule has 0 aliphatic carbocycles. The van der Waals surface area contributed by atoms with Crippen LogP contribution in [-0.4, -0.2) is 19.9 Å². The number of pyridine rings is 2. The topological polar surface area (TPSA) is 77.6 Å². The minimum absolute atomic E-state index is 0.201. The third kappa shape index (κ3) is 2.99. The van der Waals surface area contributed by atoms with Gasteiger partial charge < -0.3 is 5.73 Å². The summed E-state index contributed by atoms with van der Waals surface area (Å²) in [6, 6.07) is 16.8. The molecule has 2 N–H and O–H groups in total. The molecule has 5 nitrogen and oxygen atoms in total. The molecule has 122 valence electrons. The second kappa shape index (κ2) is 6.27. The van der Waals surface area contributed by atoms with Crippen LogP contribution in [-0.2, 0) is 0 Å². The van der Waals surface area contributed by atoms with Crippen LogP contribution >= 0.6 is 23.2 Å². The third-order valence-electron chi connectivity index (χ3n) is 3.70. The lowest BCUT2D eigenvalue weighted by Crippen LogP contribution is -2.00. The van der Waals surface area contributed by atoms with E-state index in [0.717, 1.165) is 5.56 Å². The number of rotatable bonds is 2. The van der Waals surface area contributed by atoms with Gasteiger partial charge in [-0.3, -0.25) is 0 Å².